The Kier molecular flexibility index (Phi) is 7.61. The zero-order chi connectivity index (χ0) is 29.3. The van der Waals surface area contributed by atoms with Crippen LogP contribution >= 0.6 is 0 Å². The van der Waals surface area contributed by atoms with Gasteiger partial charge in [-0.15, -0.1) is 0 Å². The molecular weight excluding hydrogens is 502 g/mol. The predicted octanol–water partition coefficient (Wildman–Crippen LogP) is 8.91. The van der Waals surface area contributed by atoms with E-state index < -0.39 is 11.2 Å². The molecule has 0 saturated heterocycles. The molecular formula is C38H39NO2. The minimum Gasteiger partial charge on any atom is -0.381 e. The summed E-state index contributed by atoms with van der Waals surface area (Å²) in [5.74, 6) is 0. The van der Waals surface area contributed by atoms with Crippen LogP contribution in [0.15, 0.2) is 127 Å². The third kappa shape index (κ3) is 6.12. The Bertz CT molecular complexity index is 1580. The Labute approximate surface area is 244 Å². The molecule has 5 aromatic carbocycles. The van der Waals surface area contributed by atoms with E-state index in [0.717, 1.165) is 44.8 Å². The second kappa shape index (κ2) is 11.0. The number of benzene rings is 5. The average molecular weight is 542 g/mol. The number of hydrogen-bond acceptors (Lipinski definition) is 3. The second-order valence-electron chi connectivity index (χ2n) is 12.2. The Hall–Kier alpha value is -4.18. The molecule has 3 heteroatoms. The lowest BCUT2D eigenvalue weighted by atomic mass is 9.83. The second-order valence-corrected chi connectivity index (χ2v) is 12.2. The highest BCUT2D eigenvalue weighted by Crippen LogP contribution is 2.34. The fraction of sp³-hybridized carbons (Fsp3) is 0.211. The third-order valence-corrected chi connectivity index (χ3v) is 8.05. The zero-order valence-corrected chi connectivity index (χ0v) is 24.5. The van der Waals surface area contributed by atoms with Gasteiger partial charge in [0.25, 0.3) is 0 Å². The van der Waals surface area contributed by atoms with Crippen molar-refractivity contribution in [1.82, 2.24) is 0 Å². The summed E-state index contributed by atoms with van der Waals surface area (Å²) < 4.78 is 0. The number of anilines is 2. The molecule has 5 rings (SSSR count). The van der Waals surface area contributed by atoms with Crippen molar-refractivity contribution in [3.63, 3.8) is 0 Å². The highest BCUT2D eigenvalue weighted by atomic mass is 16.3. The van der Waals surface area contributed by atoms with Crippen LogP contribution in [0.4, 0.5) is 11.4 Å². The summed E-state index contributed by atoms with van der Waals surface area (Å²) in [6.45, 7) is 10.2. The summed E-state index contributed by atoms with van der Waals surface area (Å²) in [5, 5.41) is 26.2. The molecule has 0 saturated carbocycles. The van der Waals surface area contributed by atoms with Gasteiger partial charge in [0.15, 0.2) is 0 Å². The highest BCUT2D eigenvalue weighted by molar-refractivity contribution is 5.65. The van der Waals surface area contributed by atoms with Gasteiger partial charge < -0.3 is 15.5 Å². The fourth-order valence-corrected chi connectivity index (χ4v) is 5.17. The Balaban J connectivity index is 1.30. The van der Waals surface area contributed by atoms with Gasteiger partial charge in [0, 0.05) is 11.4 Å². The lowest BCUT2D eigenvalue weighted by Crippen LogP contribution is -2.23. The molecule has 3 nitrogen and oxygen atoms in total. The molecule has 2 atom stereocenters. The monoisotopic (exact) mass is 541 g/mol. The van der Waals surface area contributed by atoms with Gasteiger partial charge in [-0.1, -0.05) is 124 Å². The molecule has 0 radical (unpaired) electrons. The number of rotatable bonds is 7. The zero-order valence-electron chi connectivity index (χ0n) is 24.5. The van der Waals surface area contributed by atoms with Gasteiger partial charge in [-0.05, 0) is 82.5 Å². The maximum atomic E-state index is 11.4. The van der Waals surface area contributed by atoms with Crippen molar-refractivity contribution in [2.75, 3.05) is 5.32 Å². The van der Waals surface area contributed by atoms with E-state index in [0.29, 0.717) is 0 Å². The quantitative estimate of drug-likeness (QED) is 0.193. The molecule has 0 heterocycles. The van der Waals surface area contributed by atoms with Crippen LogP contribution in [0.1, 0.15) is 62.4 Å². The van der Waals surface area contributed by atoms with Crippen LogP contribution in [0.25, 0.3) is 11.1 Å². The van der Waals surface area contributed by atoms with Gasteiger partial charge in [0.1, 0.15) is 11.2 Å². The first-order valence-corrected chi connectivity index (χ1v) is 14.1. The molecule has 5 aromatic rings. The number of para-hydroxylation sites is 1. The standard InChI is InChI=1S/C38H39NO2/c1-36(2,3)29-19-21-32(22-20-29)37(4,40)30-15-11-27(12-16-30)28-13-17-31(18-14-28)38(5,41)33-23-25-35(26-24-33)39-34-9-7-6-8-10-34/h6-26,39-41H,1-5H3. The number of nitrogens with one attached hydrogen (secondary N) is 1. The fourth-order valence-electron chi connectivity index (χ4n) is 5.17. The van der Waals surface area contributed by atoms with Gasteiger partial charge in [-0.3, -0.25) is 0 Å². The van der Waals surface area contributed by atoms with Gasteiger partial charge in [0.05, 0.1) is 0 Å². The van der Waals surface area contributed by atoms with Gasteiger partial charge in [0.2, 0.25) is 0 Å². The first kappa shape index (κ1) is 28.4. The Morgan fingerprint density at radius 1 is 0.390 bits per heavy atom. The molecule has 0 bridgehead atoms. The maximum absolute atomic E-state index is 11.4. The summed E-state index contributed by atoms with van der Waals surface area (Å²) in [4.78, 5) is 0. The first-order chi connectivity index (χ1) is 19.4. The Morgan fingerprint density at radius 3 is 1.10 bits per heavy atom. The van der Waals surface area contributed by atoms with Crippen LogP contribution in [-0.4, -0.2) is 10.2 Å². The van der Waals surface area contributed by atoms with Crippen molar-refractivity contribution in [3.8, 4) is 11.1 Å². The molecule has 0 spiro atoms. The van der Waals surface area contributed by atoms with Crippen LogP contribution < -0.4 is 5.32 Å². The molecule has 208 valence electrons. The number of hydrogen-bond donors (Lipinski definition) is 3. The van der Waals surface area contributed by atoms with Crippen LogP contribution in [0.3, 0.4) is 0 Å². The van der Waals surface area contributed by atoms with E-state index in [4.69, 9.17) is 0 Å². The molecule has 0 aliphatic heterocycles. The lowest BCUT2D eigenvalue weighted by molar-refractivity contribution is 0.102. The average Bonchev–Trinajstić information content (AvgIpc) is 2.98. The highest BCUT2D eigenvalue weighted by Gasteiger charge is 2.27. The summed E-state index contributed by atoms with van der Waals surface area (Å²) >= 11 is 0. The maximum Gasteiger partial charge on any atom is 0.112 e. The van der Waals surface area contributed by atoms with Crippen molar-refractivity contribution in [2.45, 2.75) is 51.2 Å². The van der Waals surface area contributed by atoms with E-state index in [-0.39, 0.29) is 5.41 Å². The van der Waals surface area contributed by atoms with Crippen LogP contribution in [0, 0.1) is 0 Å². The SMILES string of the molecule is CC(C)(C)c1ccc(C(C)(O)c2ccc(-c3ccc(C(C)(O)c4ccc(Nc5ccccc5)cc4)cc3)cc2)cc1. The molecule has 3 N–H and O–H groups in total. The summed E-state index contributed by atoms with van der Waals surface area (Å²) in [5.41, 5.74) is 6.54. The summed E-state index contributed by atoms with van der Waals surface area (Å²) in [7, 11) is 0. The molecule has 0 amide bonds. The van der Waals surface area contributed by atoms with Gasteiger partial charge in [-0.25, -0.2) is 0 Å². The molecule has 2 unspecified atom stereocenters. The molecule has 41 heavy (non-hydrogen) atoms. The topological polar surface area (TPSA) is 52.5 Å². The normalized spacial score (nSPS) is 14.6. The van der Waals surface area contributed by atoms with Crippen LogP contribution in [0.2, 0.25) is 0 Å². The largest absolute Gasteiger partial charge is 0.381 e. The van der Waals surface area contributed by atoms with E-state index in [1.807, 2.05) is 129 Å². The van der Waals surface area contributed by atoms with E-state index in [2.05, 4.69) is 38.2 Å². The van der Waals surface area contributed by atoms with E-state index in [1.165, 1.54) is 5.56 Å². The third-order valence-electron chi connectivity index (χ3n) is 8.05. The van der Waals surface area contributed by atoms with E-state index in [9.17, 15) is 10.2 Å². The molecule has 0 aliphatic rings. The van der Waals surface area contributed by atoms with Gasteiger partial charge >= 0.3 is 0 Å². The van der Waals surface area contributed by atoms with Crippen molar-refractivity contribution < 1.29 is 10.2 Å². The predicted molar refractivity (Wildman–Crippen MR) is 171 cm³/mol. The Morgan fingerprint density at radius 2 is 0.707 bits per heavy atom. The van der Waals surface area contributed by atoms with Crippen LogP contribution in [0.5, 0.6) is 0 Å². The van der Waals surface area contributed by atoms with Gasteiger partial charge in [-0.2, -0.15) is 0 Å². The minimum absolute atomic E-state index is 0.0691. The minimum atomic E-state index is -1.13. The number of aliphatic hydroxyl groups is 2. The summed E-state index contributed by atoms with van der Waals surface area (Å²) in [6, 6.07) is 42.2. The van der Waals surface area contributed by atoms with Crippen molar-refractivity contribution >= 4 is 11.4 Å². The molecule has 0 aromatic heterocycles. The lowest BCUT2D eigenvalue weighted by Gasteiger charge is -2.27. The van der Waals surface area contributed by atoms with Crippen LogP contribution in [-0.2, 0) is 16.6 Å². The summed E-state index contributed by atoms with van der Waals surface area (Å²) in [6.07, 6.45) is 0. The van der Waals surface area contributed by atoms with E-state index in [1.54, 1.807) is 0 Å². The first-order valence-electron chi connectivity index (χ1n) is 14.1. The van der Waals surface area contributed by atoms with Crippen molar-refractivity contribution in [3.05, 3.63) is 155 Å². The molecule has 0 fully saturated rings. The van der Waals surface area contributed by atoms with Crippen molar-refractivity contribution in [1.29, 1.82) is 0 Å². The van der Waals surface area contributed by atoms with E-state index >= 15 is 0 Å². The van der Waals surface area contributed by atoms with Crippen molar-refractivity contribution in [2.24, 2.45) is 0 Å². The molecule has 0 aliphatic carbocycles. The smallest absolute Gasteiger partial charge is 0.112 e.